The number of carbonyl (C=O) groups is 2. The van der Waals surface area contributed by atoms with Crippen molar-refractivity contribution < 1.29 is 19.4 Å². The van der Waals surface area contributed by atoms with Gasteiger partial charge in [-0.15, -0.1) is 0 Å². The number of carboxylic acid groups (broad SMARTS) is 1. The van der Waals surface area contributed by atoms with Gasteiger partial charge in [0, 0.05) is 5.56 Å². The van der Waals surface area contributed by atoms with Crippen LogP contribution in [0.1, 0.15) is 55.1 Å². The topological polar surface area (TPSA) is 75.6 Å². The lowest BCUT2D eigenvalue weighted by atomic mass is 9.88. The van der Waals surface area contributed by atoms with E-state index < -0.39 is 12.0 Å². The van der Waals surface area contributed by atoms with Crippen molar-refractivity contribution in [3.63, 3.8) is 0 Å². The number of fused-ring (bicyclic) bond motifs is 1. The number of aliphatic carboxylic acids is 1. The number of amides is 1. The highest BCUT2D eigenvalue weighted by Gasteiger charge is 2.24. The van der Waals surface area contributed by atoms with Crippen LogP contribution in [0.2, 0.25) is 0 Å². The summed E-state index contributed by atoms with van der Waals surface area (Å²) in [6.07, 6.45) is 1.14. The molecule has 5 nitrogen and oxygen atoms in total. The van der Waals surface area contributed by atoms with E-state index in [9.17, 15) is 14.7 Å². The summed E-state index contributed by atoms with van der Waals surface area (Å²) in [6, 6.07) is 4.49. The first-order valence-corrected chi connectivity index (χ1v) is 7.49. The van der Waals surface area contributed by atoms with Crippen LogP contribution in [0.15, 0.2) is 18.2 Å². The molecule has 5 heteroatoms. The van der Waals surface area contributed by atoms with Crippen molar-refractivity contribution in [2.45, 2.75) is 52.9 Å². The van der Waals surface area contributed by atoms with E-state index in [-0.39, 0.29) is 11.3 Å². The Morgan fingerprint density at radius 2 is 1.95 bits per heavy atom. The van der Waals surface area contributed by atoms with Crippen LogP contribution in [0.5, 0.6) is 0 Å². The highest BCUT2D eigenvalue weighted by Crippen LogP contribution is 2.23. The Kier molecular flexibility index (Phi) is 4.86. The van der Waals surface area contributed by atoms with Gasteiger partial charge in [-0.25, -0.2) is 4.79 Å². The lowest BCUT2D eigenvalue weighted by Crippen LogP contribution is -2.41. The smallest absolute Gasteiger partial charge is 0.326 e. The average Bonchev–Trinajstić information content (AvgIpc) is 2.88. The van der Waals surface area contributed by atoms with Gasteiger partial charge in [-0.05, 0) is 41.5 Å². The molecule has 1 aromatic rings. The monoisotopic (exact) mass is 305 g/mol. The van der Waals surface area contributed by atoms with Gasteiger partial charge in [0.15, 0.2) is 0 Å². The summed E-state index contributed by atoms with van der Waals surface area (Å²) in [5, 5.41) is 11.9. The molecular formula is C17H23NO4. The summed E-state index contributed by atoms with van der Waals surface area (Å²) in [5.41, 5.74) is 2.59. The van der Waals surface area contributed by atoms with E-state index in [0.29, 0.717) is 25.2 Å². The third-order valence-electron chi connectivity index (χ3n) is 3.77. The van der Waals surface area contributed by atoms with Crippen LogP contribution in [0.4, 0.5) is 0 Å². The van der Waals surface area contributed by atoms with Crippen molar-refractivity contribution in [1.29, 1.82) is 0 Å². The zero-order valence-electron chi connectivity index (χ0n) is 13.3. The molecule has 0 radical (unpaired) electrons. The highest BCUT2D eigenvalue weighted by molar-refractivity contribution is 5.96. The van der Waals surface area contributed by atoms with Gasteiger partial charge in [0.1, 0.15) is 6.04 Å². The van der Waals surface area contributed by atoms with Crippen molar-refractivity contribution in [3.8, 4) is 0 Å². The molecule has 0 saturated heterocycles. The van der Waals surface area contributed by atoms with E-state index in [1.54, 1.807) is 12.1 Å². The highest BCUT2D eigenvalue weighted by atomic mass is 16.5. The minimum absolute atomic E-state index is 0.0311. The van der Waals surface area contributed by atoms with Crippen LogP contribution in [0.25, 0.3) is 0 Å². The Bertz CT molecular complexity index is 575. The third kappa shape index (κ3) is 4.31. The second kappa shape index (κ2) is 6.48. The van der Waals surface area contributed by atoms with Crippen LogP contribution in [-0.4, -0.2) is 23.0 Å². The van der Waals surface area contributed by atoms with Crippen molar-refractivity contribution in [3.05, 3.63) is 34.9 Å². The van der Waals surface area contributed by atoms with E-state index in [1.807, 2.05) is 26.8 Å². The molecule has 0 aliphatic carbocycles. The maximum Gasteiger partial charge on any atom is 0.326 e. The Morgan fingerprint density at radius 1 is 1.27 bits per heavy atom. The van der Waals surface area contributed by atoms with Gasteiger partial charge in [-0.1, -0.05) is 26.8 Å². The molecule has 0 aromatic heterocycles. The number of ether oxygens (including phenoxy) is 1. The van der Waals surface area contributed by atoms with E-state index in [1.165, 1.54) is 0 Å². The molecule has 1 atom stereocenters. The maximum absolute atomic E-state index is 12.3. The van der Waals surface area contributed by atoms with Gasteiger partial charge in [-0.2, -0.15) is 0 Å². The second-order valence-corrected chi connectivity index (χ2v) is 6.94. The quantitative estimate of drug-likeness (QED) is 0.877. The predicted molar refractivity (Wildman–Crippen MR) is 82.5 cm³/mol. The molecule has 2 N–H and O–H groups in total. The van der Waals surface area contributed by atoms with E-state index in [2.05, 4.69) is 5.32 Å². The van der Waals surface area contributed by atoms with Gasteiger partial charge in [0.25, 0.3) is 5.91 Å². The first kappa shape index (κ1) is 16.5. The molecule has 1 unspecified atom stereocenters. The molecule has 1 heterocycles. The molecule has 1 aromatic carbocycles. The molecule has 1 aliphatic heterocycles. The van der Waals surface area contributed by atoms with Crippen LogP contribution in [0.3, 0.4) is 0 Å². The fourth-order valence-corrected chi connectivity index (χ4v) is 2.39. The minimum Gasteiger partial charge on any atom is -0.480 e. The zero-order chi connectivity index (χ0) is 16.3. The SMILES string of the molecule is CC(C)(C)CCC(NC(=O)c1ccc2c(c1)COC2)C(=O)O. The summed E-state index contributed by atoms with van der Waals surface area (Å²) >= 11 is 0. The third-order valence-corrected chi connectivity index (χ3v) is 3.77. The Morgan fingerprint density at radius 3 is 2.59 bits per heavy atom. The Balaban J connectivity index is 2.03. The zero-order valence-corrected chi connectivity index (χ0v) is 13.3. The average molecular weight is 305 g/mol. The number of rotatable bonds is 5. The fraction of sp³-hybridized carbons (Fsp3) is 0.529. The normalized spacial score (nSPS) is 15.2. The van der Waals surface area contributed by atoms with Gasteiger partial charge in [0.2, 0.25) is 0 Å². The summed E-state index contributed by atoms with van der Waals surface area (Å²) < 4.78 is 5.32. The van der Waals surface area contributed by atoms with Gasteiger partial charge >= 0.3 is 5.97 Å². The molecule has 0 fully saturated rings. The van der Waals surface area contributed by atoms with E-state index in [0.717, 1.165) is 17.5 Å². The van der Waals surface area contributed by atoms with Crippen molar-refractivity contribution in [2.75, 3.05) is 0 Å². The van der Waals surface area contributed by atoms with Gasteiger partial charge in [-0.3, -0.25) is 4.79 Å². The fourth-order valence-electron chi connectivity index (χ4n) is 2.39. The second-order valence-electron chi connectivity index (χ2n) is 6.94. The molecule has 0 spiro atoms. The summed E-state index contributed by atoms with van der Waals surface area (Å²) in [4.78, 5) is 23.6. The molecule has 1 amide bonds. The van der Waals surface area contributed by atoms with Crippen LogP contribution in [-0.2, 0) is 22.7 Å². The lowest BCUT2D eigenvalue weighted by molar-refractivity contribution is -0.139. The molecule has 0 bridgehead atoms. The summed E-state index contributed by atoms with van der Waals surface area (Å²) in [6.45, 7) is 7.22. The Labute approximate surface area is 130 Å². The first-order valence-electron chi connectivity index (χ1n) is 7.49. The van der Waals surface area contributed by atoms with E-state index in [4.69, 9.17) is 4.74 Å². The molecule has 1 aliphatic rings. The molecule has 2 rings (SSSR count). The minimum atomic E-state index is -0.998. The largest absolute Gasteiger partial charge is 0.480 e. The number of carbonyl (C=O) groups excluding carboxylic acids is 1. The molecular weight excluding hydrogens is 282 g/mol. The number of hydrogen-bond acceptors (Lipinski definition) is 3. The molecule has 120 valence electrons. The first-order chi connectivity index (χ1) is 10.3. The van der Waals surface area contributed by atoms with Crippen LogP contribution in [0, 0.1) is 5.41 Å². The van der Waals surface area contributed by atoms with Gasteiger partial charge < -0.3 is 15.2 Å². The standard InChI is InChI=1S/C17H23NO4/c1-17(2,3)7-6-14(16(20)21)18-15(19)11-4-5-12-9-22-10-13(12)8-11/h4-5,8,14H,6-7,9-10H2,1-3H3,(H,18,19)(H,20,21). The molecule has 0 saturated carbocycles. The lowest BCUT2D eigenvalue weighted by Gasteiger charge is -2.21. The maximum atomic E-state index is 12.3. The van der Waals surface area contributed by atoms with Crippen molar-refractivity contribution in [2.24, 2.45) is 5.41 Å². The number of hydrogen-bond donors (Lipinski definition) is 2. The number of nitrogens with one attached hydrogen (secondary N) is 1. The predicted octanol–water partition coefficient (Wildman–Crippen LogP) is 2.73. The van der Waals surface area contributed by atoms with Crippen LogP contribution >= 0.6 is 0 Å². The molecule has 22 heavy (non-hydrogen) atoms. The van der Waals surface area contributed by atoms with Crippen molar-refractivity contribution in [1.82, 2.24) is 5.32 Å². The van der Waals surface area contributed by atoms with Crippen LogP contribution < -0.4 is 5.32 Å². The summed E-state index contributed by atoms with van der Waals surface area (Å²) in [5.74, 6) is -1.35. The Hall–Kier alpha value is -1.88. The van der Waals surface area contributed by atoms with Gasteiger partial charge in [0.05, 0.1) is 13.2 Å². The van der Waals surface area contributed by atoms with Crippen molar-refractivity contribution >= 4 is 11.9 Å². The van der Waals surface area contributed by atoms with E-state index >= 15 is 0 Å². The number of carboxylic acids is 1. The number of benzene rings is 1. The summed E-state index contributed by atoms with van der Waals surface area (Å²) in [7, 11) is 0.